The van der Waals surface area contributed by atoms with Gasteiger partial charge >= 0.3 is 6.18 Å². The van der Waals surface area contributed by atoms with E-state index < -0.39 is 38.6 Å². The molecule has 0 atom stereocenters. The molecule has 0 unspecified atom stereocenters. The third-order valence-corrected chi connectivity index (χ3v) is 4.94. The maximum Gasteiger partial charge on any atom is 0.431 e. The van der Waals surface area contributed by atoms with E-state index in [0.717, 1.165) is 6.20 Å². The van der Waals surface area contributed by atoms with Crippen molar-refractivity contribution in [2.24, 2.45) is 0 Å². The predicted octanol–water partition coefficient (Wildman–Crippen LogP) is 3.82. The maximum atomic E-state index is 12.5. The standard InChI is InChI=1S/C14H10Cl2F3NO3S/c15-10-1-8(2-11(16)3-10)6-24(22,23)7-9-5-20-13(4-12(9)21)14(17,18)19/h1-5H,6-7H2,(H,20,21). The number of aromatic nitrogens is 1. The molecule has 0 fully saturated rings. The Balaban J connectivity index is 2.25. The molecule has 1 N–H and O–H groups in total. The van der Waals surface area contributed by atoms with Crippen LogP contribution in [0.1, 0.15) is 16.8 Å². The van der Waals surface area contributed by atoms with Gasteiger partial charge in [-0.1, -0.05) is 23.2 Å². The van der Waals surface area contributed by atoms with Gasteiger partial charge in [0, 0.05) is 27.9 Å². The van der Waals surface area contributed by atoms with Gasteiger partial charge in [-0.2, -0.15) is 13.2 Å². The maximum absolute atomic E-state index is 12.5. The van der Waals surface area contributed by atoms with Gasteiger partial charge in [-0.25, -0.2) is 8.42 Å². The van der Waals surface area contributed by atoms with Gasteiger partial charge in [0.1, 0.15) is 5.69 Å². The van der Waals surface area contributed by atoms with Gasteiger partial charge in [-0.3, -0.25) is 4.79 Å². The molecule has 0 saturated carbocycles. The first-order valence-electron chi connectivity index (χ1n) is 6.40. The second kappa shape index (κ2) is 6.78. The van der Waals surface area contributed by atoms with Gasteiger partial charge in [0.25, 0.3) is 0 Å². The molecule has 0 aliphatic heterocycles. The summed E-state index contributed by atoms with van der Waals surface area (Å²) < 4.78 is 61.8. The Labute approximate surface area is 145 Å². The fourth-order valence-electron chi connectivity index (χ4n) is 2.01. The summed E-state index contributed by atoms with van der Waals surface area (Å²) in [7, 11) is -3.81. The molecule has 0 spiro atoms. The molecular weight excluding hydrogens is 390 g/mol. The average Bonchev–Trinajstić information content (AvgIpc) is 2.37. The molecule has 1 aromatic carbocycles. The zero-order valence-corrected chi connectivity index (χ0v) is 14.2. The molecule has 0 amide bonds. The van der Waals surface area contributed by atoms with E-state index in [0.29, 0.717) is 11.6 Å². The second-order valence-electron chi connectivity index (χ2n) is 5.04. The molecule has 0 radical (unpaired) electrons. The van der Waals surface area contributed by atoms with Crippen LogP contribution in [0, 0.1) is 0 Å². The third-order valence-electron chi connectivity index (χ3n) is 2.98. The highest BCUT2D eigenvalue weighted by Crippen LogP contribution is 2.26. The van der Waals surface area contributed by atoms with Crippen molar-refractivity contribution >= 4 is 33.0 Å². The van der Waals surface area contributed by atoms with Crippen LogP contribution in [-0.4, -0.2) is 13.4 Å². The number of alkyl halides is 3. The Kier molecular flexibility index (Phi) is 5.31. The molecule has 24 heavy (non-hydrogen) atoms. The number of hydrogen-bond acceptors (Lipinski definition) is 3. The van der Waals surface area contributed by atoms with E-state index in [2.05, 4.69) is 0 Å². The van der Waals surface area contributed by atoms with E-state index in [1.165, 1.54) is 18.2 Å². The summed E-state index contributed by atoms with van der Waals surface area (Å²) in [5.74, 6) is -1.15. The van der Waals surface area contributed by atoms with Gasteiger partial charge in [0.15, 0.2) is 15.3 Å². The Bertz CT molecular complexity index is 903. The van der Waals surface area contributed by atoms with E-state index in [-0.39, 0.29) is 15.6 Å². The molecule has 0 aliphatic rings. The van der Waals surface area contributed by atoms with Gasteiger partial charge in [0.2, 0.25) is 0 Å². The van der Waals surface area contributed by atoms with Crippen LogP contribution in [0.4, 0.5) is 13.2 Å². The number of halogens is 5. The zero-order chi connectivity index (χ0) is 18.1. The van der Waals surface area contributed by atoms with Crippen LogP contribution in [0.15, 0.2) is 35.3 Å². The van der Waals surface area contributed by atoms with Crippen LogP contribution >= 0.6 is 23.2 Å². The van der Waals surface area contributed by atoms with Crippen molar-refractivity contribution in [2.75, 3.05) is 0 Å². The van der Waals surface area contributed by atoms with E-state index in [1.54, 1.807) is 0 Å². The summed E-state index contributed by atoms with van der Waals surface area (Å²) in [4.78, 5) is 13.6. The summed E-state index contributed by atoms with van der Waals surface area (Å²) in [5, 5.41) is 0.500. The van der Waals surface area contributed by atoms with Gasteiger partial charge in [0.05, 0.1) is 11.5 Å². The lowest BCUT2D eigenvalue weighted by Crippen LogP contribution is -2.19. The second-order valence-corrected chi connectivity index (χ2v) is 7.98. The van der Waals surface area contributed by atoms with E-state index in [9.17, 15) is 26.4 Å². The van der Waals surface area contributed by atoms with Gasteiger partial charge in [-0.05, 0) is 23.8 Å². The lowest BCUT2D eigenvalue weighted by molar-refractivity contribution is -0.141. The van der Waals surface area contributed by atoms with Crippen LogP contribution < -0.4 is 5.43 Å². The Morgan fingerprint density at radius 1 is 1.00 bits per heavy atom. The lowest BCUT2D eigenvalue weighted by atomic mass is 10.2. The van der Waals surface area contributed by atoms with E-state index in [1.807, 2.05) is 4.98 Å². The Morgan fingerprint density at radius 3 is 2.08 bits per heavy atom. The number of sulfone groups is 1. The molecular formula is C14H10Cl2F3NO3S. The molecule has 2 aromatic rings. The molecule has 1 aromatic heterocycles. The minimum atomic E-state index is -4.71. The Hall–Kier alpha value is -1.51. The van der Waals surface area contributed by atoms with Gasteiger partial charge < -0.3 is 4.98 Å². The van der Waals surface area contributed by atoms with Crippen LogP contribution in [0.5, 0.6) is 0 Å². The summed E-state index contributed by atoms with van der Waals surface area (Å²) in [6, 6.07) is 4.57. The molecule has 0 aliphatic carbocycles. The molecule has 0 saturated heterocycles. The largest absolute Gasteiger partial charge is 0.431 e. The summed E-state index contributed by atoms with van der Waals surface area (Å²) in [6.07, 6.45) is -3.96. The average molecular weight is 400 g/mol. The zero-order valence-electron chi connectivity index (χ0n) is 11.8. The van der Waals surface area contributed by atoms with Gasteiger partial charge in [-0.15, -0.1) is 0 Å². The van der Waals surface area contributed by atoms with Crippen molar-refractivity contribution < 1.29 is 21.6 Å². The molecule has 4 nitrogen and oxygen atoms in total. The smallest absolute Gasteiger partial charge is 0.357 e. The first-order chi connectivity index (χ1) is 11.0. The van der Waals surface area contributed by atoms with E-state index in [4.69, 9.17) is 23.2 Å². The first-order valence-corrected chi connectivity index (χ1v) is 8.98. The third kappa shape index (κ3) is 4.99. The molecule has 2 rings (SSSR count). The van der Waals surface area contributed by atoms with E-state index >= 15 is 0 Å². The van der Waals surface area contributed by atoms with Crippen molar-refractivity contribution in [1.82, 2.24) is 4.98 Å². The number of rotatable bonds is 4. The topological polar surface area (TPSA) is 67.0 Å². The normalized spacial score (nSPS) is 12.4. The SMILES string of the molecule is O=c1cc(C(F)(F)F)[nH]cc1CS(=O)(=O)Cc1cc(Cl)cc(Cl)c1. The lowest BCUT2D eigenvalue weighted by Gasteiger charge is -2.08. The fraction of sp³-hybridized carbons (Fsp3) is 0.214. The number of aromatic amines is 1. The van der Waals surface area contributed by atoms with Crippen LogP contribution in [0.25, 0.3) is 0 Å². The monoisotopic (exact) mass is 399 g/mol. The minimum Gasteiger partial charge on any atom is -0.357 e. The van der Waals surface area contributed by atoms with Crippen molar-refractivity contribution in [1.29, 1.82) is 0 Å². The van der Waals surface area contributed by atoms with Crippen molar-refractivity contribution in [3.05, 3.63) is 67.6 Å². The molecule has 1 heterocycles. The van der Waals surface area contributed by atoms with Crippen LogP contribution in [0.3, 0.4) is 0 Å². The quantitative estimate of drug-likeness (QED) is 0.849. The van der Waals surface area contributed by atoms with Crippen LogP contribution in [-0.2, 0) is 27.5 Å². The number of pyridine rings is 1. The number of hydrogen-bond donors (Lipinski definition) is 1. The Morgan fingerprint density at radius 2 is 1.58 bits per heavy atom. The molecule has 10 heteroatoms. The molecule has 130 valence electrons. The number of benzene rings is 1. The van der Waals surface area contributed by atoms with Crippen molar-refractivity contribution in [3.8, 4) is 0 Å². The summed E-state index contributed by atoms with van der Waals surface area (Å²) in [5.41, 5.74) is -2.21. The van der Waals surface area contributed by atoms with Crippen molar-refractivity contribution in [3.63, 3.8) is 0 Å². The summed E-state index contributed by atoms with van der Waals surface area (Å²) in [6.45, 7) is 0. The van der Waals surface area contributed by atoms with Crippen LogP contribution in [0.2, 0.25) is 10.0 Å². The summed E-state index contributed by atoms with van der Waals surface area (Å²) >= 11 is 11.6. The first kappa shape index (κ1) is 18.8. The highest BCUT2D eigenvalue weighted by Gasteiger charge is 2.32. The predicted molar refractivity (Wildman–Crippen MR) is 84.9 cm³/mol. The highest BCUT2D eigenvalue weighted by atomic mass is 35.5. The minimum absolute atomic E-state index is 0.250. The van der Waals surface area contributed by atoms with Crippen molar-refractivity contribution in [2.45, 2.75) is 17.7 Å². The fourth-order valence-corrected chi connectivity index (χ4v) is 4.06. The molecule has 0 bridgehead atoms. The number of H-pyrrole nitrogens is 1. The number of nitrogens with one attached hydrogen (secondary N) is 1. The highest BCUT2D eigenvalue weighted by molar-refractivity contribution is 7.89.